The highest BCUT2D eigenvalue weighted by Gasteiger charge is 2.38. The number of benzene rings is 1. The fourth-order valence-electron chi connectivity index (χ4n) is 4.21. The van der Waals surface area contributed by atoms with Crippen molar-refractivity contribution in [2.45, 2.75) is 0 Å². The van der Waals surface area contributed by atoms with Gasteiger partial charge < -0.3 is 10.2 Å². The molecule has 2 saturated heterocycles. The molecule has 5 rings (SSSR count). The van der Waals surface area contributed by atoms with Crippen LogP contribution in [0, 0.1) is 11.8 Å². The first-order valence-corrected chi connectivity index (χ1v) is 9.10. The molecular formula is C21H22Cl2N4O. The maximum atomic E-state index is 13.3. The average molecular weight is 417 g/mol. The van der Waals surface area contributed by atoms with E-state index in [0.717, 1.165) is 53.9 Å². The number of nitrogens with one attached hydrogen (secondary N) is 1. The molecule has 5 nitrogen and oxygen atoms in total. The first kappa shape index (κ1) is 20.5. The van der Waals surface area contributed by atoms with Crippen LogP contribution < -0.4 is 5.32 Å². The molecule has 0 saturated carbocycles. The molecule has 1 N–H and O–H groups in total. The fourth-order valence-corrected chi connectivity index (χ4v) is 4.21. The van der Waals surface area contributed by atoms with Gasteiger partial charge in [0.05, 0.1) is 16.8 Å². The molecular weight excluding hydrogens is 395 g/mol. The van der Waals surface area contributed by atoms with Crippen molar-refractivity contribution in [3.05, 3.63) is 60.4 Å². The minimum absolute atomic E-state index is 0. The minimum Gasteiger partial charge on any atom is -0.338 e. The Morgan fingerprint density at radius 3 is 2.50 bits per heavy atom. The highest BCUT2D eigenvalue weighted by molar-refractivity contribution is 6.07. The number of pyridine rings is 2. The quantitative estimate of drug-likeness (QED) is 0.694. The first-order chi connectivity index (χ1) is 12.8. The largest absolute Gasteiger partial charge is 0.338 e. The predicted molar refractivity (Wildman–Crippen MR) is 115 cm³/mol. The van der Waals surface area contributed by atoms with Gasteiger partial charge >= 0.3 is 0 Å². The van der Waals surface area contributed by atoms with Crippen molar-refractivity contribution < 1.29 is 4.79 Å². The fraction of sp³-hybridized carbons (Fsp3) is 0.286. The molecule has 2 aliphatic rings. The Labute approximate surface area is 176 Å². The van der Waals surface area contributed by atoms with Gasteiger partial charge in [0.1, 0.15) is 0 Å². The molecule has 1 amide bonds. The smallest absolute Gasteiger partial charge is 0.254 e. The van der Waals surface area contributed by atoms with Crippen LogP contribution in [-0.2, 0) is 0 Å². The van der Waals surface area contributed by atoms with Crippen LogP contribution in [0.15, 0.2) is 54.9 Å². The highest BCUT2D eigenvalue weighted by Crippen LogP contribution is 2.30. The molecule has 3 aromatic rings. The van der Waals surface area contributed by atoms with Crippen molar-refractivity contribution in [1.82, 2.24) is 20.2 Å². The van der Waals surface area contributed by atoms with Crippen molar-refractivity contribution in [2.75, 3.05) is 26.2 Å². The van der Waals surface area contributed by atoms with Crippen molar-refractivity contribution in [1.29, 1.82) is 0 Å². The van der Waals surface area contributed by atoms with Gasteiger partial charge in [-0.15, -0.1) is 24.8 Å². The number of fused-ring (bicyclic) bond motifs is 2. The van der Waals surface area contributed by atoms with Crippen LogP contribution in [0.5, 0.6) is 0 Å². The Bertz CT molecular complexity index is 971. The number of carbonyl (C=O) groups is 1. The lowest BCUT2D eigenvalue weighted by Gasteiger charge is -2.19. The number of hydrogen-bond donors (Lipinski definition) is 1. The standard InChI is InChI=1S/C21H20N4O.2ClH/c26-21(25-12-15-10-23-11-16(15)13-25)18-8-20(14-4-3-7-22-9-14)24-19-6-2-1-5-17(18)19;;/h1-9,15-16,23H,10-13H2;2*1H/t15-,16+;;. The molecule has 1 aromatic carbocycles. The van der Waals surface area contributed by atoms with Gasteiger partial charge in [-0.1, -0.05) is 18.2 Å². The van der Waals surface area contributed by atoms with Crippen molar-refractivity contribution in [3.63, 3.8) is 0 Å². The summed E-state index contributed by atoms with van der Waals surface area (Å²) in [7, 11) is 0. The molecule has 0 radical (unpaired) electrons. The van der Waals surface area contributed by atoms with Gasteiger partial charge in [-0.3, -0.25) is 9.78 Å². The van der Waals surface area contributed by atoms with E-state index in [4.69, 9.17) is 4.98 Å². The molecule has 0 unspecified atom stereocenters. The molecule has 4 heterocycles. The van der Waals surface area contributed by atoms with E-state index in [9.17, 15) is 4.79 Å². The van der Waals surface area contributed by atoms with E-state index in [-0.39, 0.29) is 30.7 Å². The van der Waals surface area contributed by atoms with Gasteiger partial charge in [0.2, 0.25) is 0 Å². The van der Waals surface area contributed by atoms with Crippen LogP contribution in [0.3, 0.4) is 0 Å². The molecule has 7 heteroatoms. The van der Waals surface area contributed by atoms with E-state index in [2.05, 4.69) is 10.3 Å². The lowest BCUT2D eigenvalue weighted by molar-refractivity contribution is 0.0783. The topological polar surface area (TPSA) is 58.1 Å². The van der Waals surface area contributed by atoms with Crippen LogP contribution in [0.4, 0.5) is 0 Å². The molecule has 2 aliphatic heterocycles. The summed E-state index contributed by atoms with van der Waals surface area (Å²) in [6.07, 6.45) is 3.53. The summed E-state index contributed by atoms with van der Waals surface area (Å²) in [5.74, 6) is 1.29. The Morgan fingerprint density at radius 1 is 1.04 bits per heavy atom. The van der Waals surface area contributed by atoms with E-state index in [1.165, 1.54) is 0 Å². The van der Waals surface area contributed by atoms with E-state index >= 15 is 0 Å². The van der Waals surface area contributed by atoms with Gasteiger partial charge in [-0.05, 0) is 36.1 Å². The zero-order valence-electron chi connectivity index (χ0n) is 15.2. The molecule has 0 aliphatic carbocycles. The zero-order valence-corrected chi connectivity index (χ0v) is 16.9. The first-order valence-electron chi connectivity index (χ1n) is 9.10. The van der Waals surface area contributed by atoms with Crippen LogP contribution in [0.2, 0.25) is 0 Å². The Morgan fingerprint density at radius 2 is 1.79 bits per heavy atom. The second kappa shape index (κ2) is 8.43. The second-order valence-corrected chi connectivity index (χ2v) is 7.20. The maximum absolute atomic E-state index is 13.3. The summed E-state index contributed by atoms with van der Waals surface area (Å²) in [5, 5.41) is 4.35. The summed E-state index contributed by atoms with van der Waals surface area (Å²) in [6, 6.07) is 13.7. The summed E-state index contributed by atoms with van der Waals surface area (Å²) in [4.78, 5) is 24.3. The Hall–Kier alpha value is -2.21. The number of carbonyl (C=O) groups excluding carboxylic acids is 1. The number of rotatable bonds is 2. The van der Waals surface area contributed by atoms with E-state index in [0.29, 0.717) is 11.8 Å². The number of aromatic nitrogens is 2. The van der Waals surface area contributed by atoms with Crippen LogP contribution in [0.1, 0.15) is 10.4 Å². The van der Waals surface area contributed by atoms with Crippen LogP contribution in [0.25, 0.3) is 22.2 Å². The normalized spacial score (nSPS) is 20.4. The number of para-hydroxylation sites is 1. The third kappa shape index (κ3) is 3.58. The van der Waals surface area contributed by atoms with Gasteiger partial charge in [-0.25, -0.2) is 4.98 Å². The molecule has 2 atom stereocenters. The van der Waals surface area contributed by atoms with Gasteiger partial charge in [-0.2, -0.15) is 0 Å². The van der Waals surface area contributed by atoms with Gasteiger partial charge in [0, 0.05) is 49.5 Å². The number of likely N-dealkylation sites (tertiary alicyclic amines) is 1. The molecule has 2 fully saturated rings. The zero-order chi connectivity index (χ0) is 17.5. The summed E-state index contributed by atoms with van der Waals surface area (Å²) in [5.41, 5.74) is 3.30. The number of nitrogens with zero attached hydrogens (tertiary/aromatic N) is 3. The van der Waals surface area contributed by atoms with Crippen molar-refractivity contribution in [2.24, 2.45) is 11.8 Å². The van der Waals surface area contributed by atoms with Gasteiger partial charge in [0.25, 0.3) is 5.91 Å². The van der Waals surface area contributed by atoms with E-state index < -0.39 is 0 Å². The van der Waals surface area contributed by atoms with Crippen molar-refractivity contribution >= 4 is 41.6 Å². The number of amides is 1. The second-order valence-electron chi connectivity index (χ2n) is 7.20. The van der Waals surface area contributed by atoms with Crippen LogP contribution in [-0.4, -0.2) is 47.0 Å². The van der Waals surface area contributed by atoms with E-state index in [1.807, 2.05) is 47.4 Å². The molecule has 0 spiro atoms. The van der Waals surface area contributed by atoms with Gasteiger partial charge in [0.15, 0.2) is 0 Å². The highest BCUT2D eigenvalue weighted by atomic mass is 35.5. The van der Waals surface area contributed by atoms with Crippen LogP contribution >= 0.6 is 24.8 Å². The maximum Gasteiger partial charge on any atom is 0.254 e. The number of hydrogen-bond acceptors (Lipinski definition) is 4. The minimum atomic E-state index is 0. The Balaban J connectivity index is 0.00000112. The van der Waals surface area contributed by atoms with E-state index in [1.54, 1.807) is 12.4 Å². The lowest BCUT2D eigenvalue weighted by atomic mass is 10.0. The number of halogens is 2. The predicted octanol–water partition coefficient (Wildman–Crippen LogP) is 3.43. The van der Waals surface area contributed by atoms with Crippen molar-refractivity contribution in [3.8, 4) is 11.3 Å². The lowest BCUT2D eigenvalue weighted by Crippen LogP contribution is -2.32. The third-order valence-corrected chi connectivity index (χ3v) is 5.58. The molecule has 146 valence electrons. The SMILES string of the molecule is Cl.Cl.O=C(c1cc(-c2cccnc2)nc2ccccc12)N1C[C@H]2CNC[C@H]2C1. The third-order valence-electron chi connectivity index (χ3n) is 5.58. The molecule has 2 aromatic heterocycles. The summed E-state index contributed by atoms with van der Waals surface area (Å²) in [6.45, 7) is 3.73. The average Bonchev–Trinajstić information content (AvgIpc) is 3.29. The summed E-state index contributed by atoms with van der Waals surface area (Å²) >= 11 is 0. The molecule has 28 heavy (non-hydrogen) atoms. The Kier molecular flexibility index (Phi) is 6.18. The molecule has 0 bridgehead atoms. The monoisotopic (exact) mass is 416 g/mol. The summed E-state index contributed by atoms with van der Waals surface area (Å²) < 4.78 is 0.